The van der Waals surface area contributed by atoms with Gasteiger partial charge in [-0.25, -0.2) is 0 Å². The summed E-state index contributed by atoms with van der Waals surface area (Å²) in [7, 11) is 2.23. The fourth-order valence-corrected chi connectivity index (χ4v) is 3.38. The SMILES string of the molecule is CCNC(=NCCN(C)C1CCCCC1)N1CC[C@@H](O)C1.I. The first-order chi connectivity index (χ1) is 10.2. The minimum Gasteiger partial charge on any atom is -0.391 e. The lowest BCUT2D eigenvalue weighted by Crippen LogP contribution is -2.41. The number of nitrogens with one attached hydrogen (secondary N) is 1. The van der Waals surface area contributed by atoms with Crippen LogP contribution in [0.25, 0.3) is 0 Å². The minimum absolute atomic E-state index is 0. The number of guanidine groups is 1. The topological polar surface area (TPSA) is 51.1 Å². The molecule has 0 bridgehead atoms. The number of β-amino-alcohol motifs (C(OH)–C–C–N with tert-alkyl or cyclic N) is 1. The van der Waals surface area contributed by atoms with E-state index in [0.29, 0.717) is 6.54 Å². The van der Waals surface area contributed by atoms with Crippen LogP contribution in [0.3, 0.4) is 0 Å². The molecule has 22 heavy (non-hydrogen) atoms. The zero-order valence-corrected chi connectivity index (χ0v) is 16.5. The van der Waals surface area contributed by atoms with Crippen LogP contribution in [0.4, 0.5) is 0 Å². The van der Waals surface area contributed by atoms with E-state index in [9.17, 15) is 5.11 Å². The summed E-state index contributed by atoms with van der Waals surface area (Å²) in [4.78, 5) is 9.40. The predicted molar refractivity (Wildman–Crippen MR) is 103 cm³/mol. The molecule has 0 aromatic heterocycles. The van der Waals surface area contributed by atoms with E-state index in [1.165, 1.54) is 32.1 Å². The third kappa shape index (κ3) is 6.20. The van der Waals surface area contributed by atoms with Crippen molar-refractivity contribution in [3.63, 3.8) is 0 Å². The lowest BCUT2D eigenvalue weighted by Gasteiger charge is -2.30. The number of hydrogen-bond acceptors (Lipinski definition) is 3. The molecule has 0 spiro atoms. The molecule has 1 heterocycles. The first kappa shape index (κ1) is 20.0. The van der Waals surface area contributed by atoms with Crippen LogP contribution in [0.5, 0.6) is 0 Å². The van der Waals surface area contributed by atoms with E-state index in [2.05, 4.69) is 29.1 Å². The number of aliphatic hydroxyl groups is 1. The Morgan fingerprint density at radius 1 is 1.27 bits per heavy atom. The number of halogens is 1. The van der Waals surface area contributed by atoms with Crippen molar-refractivity contribution in [2.45, 2.75) is 57.6 Å². The second kappa shape index (κ2) is 10.6. The van der Waals surface area contributed by atoms with Gasteiger partial charge in [-0.1, -0.05) is 19.3 Å². The lowest BCUT2D eigenvalue weighted by molar-refractivity contribution is 0.187. The molecule has 0 radical (unpaired) electrons. The molecule has 2 fully saturated rings. The third-order valence-electron chi connectivity index (χ3n) is 4.71. The third-order valence-corrected chi connectivity index (χ3v) is 4.71. The Balaban J connectivity index is 0.00000242. The van der Waals surface area contributed by atoms with Crippen molar-refractivity contribution in [3.05, 3.63) is 0 Å². The monoisotopic (exact) mass is 424 g/mol. The van der Waals surface area contributed by atoms with Crippen molar-refractivity contribution in [2.75, 3.05) is 39.8 Å². The second-order valence-electron chi connectivity index (χ2n) is 6.40. The van der Waals surface area contributed by atoms with Crippen molar-refractivity contribution in [1.29, 1.82) is 0 Å². The lowest BCUT2D eigenvalue weighted by atomic mass is 9.94. The molecular weight excluding hydrogens is 391 g/mol. The maximum Gasteiger partial charge on any atom is 0.194 e. The highest BCUT2D eigenvalue weighted by atomic mass is 127. The van der Waals surface area contributed by atoms with Gasteiger partial charge in [0, 0.05) is 32.2 Å². The number of likely N-dealkylation sites (N-methyl/N-ethyl adjacent to an activating group) is 1. The predicted octanol–water partition coefficient (Wildman–Crippen LogP) is 1.90. The van der Waals surface area contributed by atoms with Crippen molar-refractivity contribution < 1.29 is 5.11 Å². The van der Waals surface area contributed by atoms with Crippen LogP contribution in [0.1, 0.15) is 45.4 Å². The quantitative estimate of drug-likeness (QED) is 0.402. The number of nitrogens with zero attached hydrogens (tertiary/aromatic N) is 3. The molecule has 1 atom stereocenters. The van der Waals surface area contributed by atoms with Gasteiger partial charge >= 0.3 is 0 Å². The van der Waals surface area contributed by atoms with E-state index in [1.807, 2.05) is 0 Å². The summed E-state index contributed by atoms with van der Waals surface area (Å²) in [6.07, 6.45) is 7.52. The first-order valence-electron chi connectivity index (χ1n) is 8.62. The van der Waals surface area contributed by atoms with Gasteiger partial charge < -0.3 is 20.2 Å². The summed E-state index contributed by atoms with van der Waals surface area (Å²) in [5.74, 6) is 0.964. The summed E-state index contributed by atoms with van der Waals surface area (Å²) in [5, 5.41) is 13.0. The fraction of sp³-hybridized carbons (Fsp3) is 0.938. The van der Waals surface area contributed by atoms with Gasteiger partial charge in [0.2, 0.25) is 0 Å². The van der Waals surface area contributed by atoms with E-state index in [0.717, 1.165) is 44.6 Å². The minimum atomic E-state index is -0.196. The molecule has 2 aliphatic rings. The van der Waals surface area contributed by atoms with E-state index in [4.69, 9.17) is 4.99 Å². The Kier molecular flexibility index (Phi) is 9.66. The molecule has 1 aliphatic heterocycles. The molecule has 1 aliphatic carbocycles. The fourth-order valence-electron chi connectivity index (χ4n) is 3.38. The highest BCUT2D eigenvalue weighted by molar-refractivity contribution is 14.0. The zero-order valence-electron chi connectivity index (χ0n) is 14.1. The molecule has 1 saturated heterocycles. The van der Waals surface area contributed by atoms with Crippen molar-refractivity contribution >= 4 is 29.9 Å². The summed E-state index contributed by atoms with van der Waals surface area (Å²) >= 11 is 0. The molecule has 0 aromatic carbocycles. The van der Waals surface area contributed by atoms with Crippen molar-refractivity contribution in [1.82, 2.24) is 15.1 Å². The molecule has 6 heteroatoms. The largest absolute Gasteiger partial charge is 0.391 e. The van der Waals surface area contributed by atoms with Gasteiger partial charge in [0.05, 0.1) is 12.6 Å². The van der Waals surface area contributed by atoms with Crippen LogP contribution in [0, 0.1) is 0 Å². The first-order valence-corrected chi connectivity index (χ1v) is 8.62. The van der Waals surface area contributed by atoms with Gasteiger partial charge in [-0.05, 0) is 33.2 Å². The molecule has 130 valence electrons. The van der Waals surface area contributed by atoms with E-state index < -0.39 is 0 Å². The number of aliphatic imine (C=N–C) groups is 1. The Morgan fingerprint density at radius 2 is 2.00 bits per heavy atom. The number of aliphatic hydroxyl groups excluding tert-OH is 1. The van der Waals surface area contributed by atoms with Crippen LogP contribution >= 0.6 is 24.0 Å². The van der Waals surface area contributed by atoms with Gasteiger partial charge in [-0.15, -0.1) is 24.0 Å². The smallest absolute Gasteiger partial charge is 0.194 e. The van der Waals surface area contributed by atoms with Gasteiger partial charge in [0.25, 0.3) is 0 Å². The number of rotatable bonds is 5. The van der Waals surface area contributed by atoms with Gasteiger partial charge in [-0.2, -0.15) is 0 Å². The average molecular weight is 424 g/mol. The van der Waals surface area contributed by atoms with Gasteiger partial charge in [0.15, 0.2) is 5.96 Å². The molecule has 0 unspecified atom stereocenters. The highest BCUT2D eigenvalue weighted by Gasteiger charge is 2.23. The van der Waals surface area contributed by atoms with Gasteiger partial charge in [0.1, 0.15) is 0 Å². The van der Waals surface area contributed by atoms with E-state index in [-0.39, 0.29) is 30.1 Å². The number of likely N-dealkylation sites (tertiary alicyclic amines) is 1. The van der Waals surface area contributed by atoms with Crippen LogP contribution in [0.15, 0.2) is 4.99 Å². The van der Waals surface area contributed by atoms with Crippen molar-refractivity contribution in [2.24, 2.45) is 4.99 Å². The van der Waals surface area contributed by atoms with Crippen LogP contribution in [-0.4, -0.2) is 72.8 Å². The summed E-state index contributed by atoms with van der Waals surface area (Å²) in [5.41, 5.74) is 0. The molecule has 0 amide bonds. The average Bonchev–Trinajstić information content (AvgIpc) is 2.93. The normalized spacial score (nSPS) is 23.7. The van der Waals surface area contributed by atoms with Crippen LogP contribution in [0.2, 0.25) is 0 Å². The molecule has 1 saturated carbocycles. The Labute approximate surface area is 152 Å². The van der Waals surface area contributed by atoms with Crippen LogP contribution in [-0.2, 0) is 0 Å². The standard InChI is InChI=1S/C16H32N4O.HI/c1-3-17-16(20-11-9-15(21)13-20)18-10-12-19(2)14-7-5-4-6-8-14;/h14-15,21H,3-13H2,1-2H3,(H,17,18);1H/t15-;/m1./s1. The molecule has 5 nitrogen and oxygen atoms in total. The maximum atomic E-state index is 9.67. The van der Waals surface area contributed by atoms with Crippen LogP contribution < -0.4 is 5.32 Å². The second-order valence-corrected chi connectivity index (χ2v) is 6.40. The number of hydrogen-bond donors (Lipinski definition) is 2. The Morgan fingerprint density at radius 3 is 2.59 bits per heavy atom. The molecule has 0 aromatic rings. The summed E-state index contributed by atoms with van der Waals surface area (Å²) < 4.78 is 0. The van der Waals surface area contributed by atoms with E-state index >= 15 is 0 Å². The van der Waals surface area contributed by atoms with E-state index in [1.54, 1.807) is 0 Å². The Bertz CT molecular complexity index is 334. The molecular formula is C16H33IN4O. The zero-order chi connectivity index (χ0) is 15.1. The van der Waals surface area contributed by atoms with Crippen molar-refractivity contribution in [3.8, 4) is 0 Å². The summed E-state index contributed by atoms with van der Waals surface area (Å²) in [6.45, 7) is 6.45. The highest BCUT2D eigenvalue weighted by Crippen LogP contribution is 2.21. The molecule has 2 N–H and O–H groups in total. The molecule has 2 rings (SSSR count). The summed E-state index contributed by atoms with van der Waals surface area (Å²) in [6, 6.07) is 0.755. The Hall–Kier alpha value is -0.0800. The maximum absolute atomic E-state index is 9.67. The van der Waals surface area contributed by atoms with Gasteiger partial charge in [-0.3, -0.25) is 4.99 Å².